The van der Waals surface area contributed by atoms with Crippen molar-refractivity contribution in [1.29, 1.82) is 0 Å². The molecule has 24 heavy (non-hydrogen) atoms. The Morgan fingerprint density at radius 3 is 2.88 bits per heavy atom. The van der Waals surface area contributed by atoms with E-state index in [1.807, 2.05) is 6.07 Å². The van der Waals surface area contributed by atoms with Gasteiger partial charge in [-0.25, -0.2) is 5.84 Å². The molecule has 1 heterocycles. The van der Waals surface area contributed by atoms with Crippen molar-refractivity contribution in [3.63, 3.8) is 0 Å². The summed E-state index contributed by atoms with van der Waals surface area (Å²) < 4.78 is 6.61. The molecule has 1 unspecified atom stereocenters. The van der Waals surface area contributed by atoms with Gasteiger partial charge in [0.15, 0.2) is 0 Å². The van der Waals surface area contributed by atoms with Crippen LogP contribution in [-0.2, 0) is 4.79 Å². The van der Waals surface area contributed by atoms with Crippen LogP contribution in [-0.4, -0.2) is 36.4 Å². The lowest BCUT2D eigenvalue weighted by Crippen LogP contribution is -2.47. The fourth-order valence-electron chi connectivity index (χ4n) is 2.72. The molecule has 132 valence electrons. The molecule has 1 atom stereocenters. The van der Waals surface area contributed by atoms with Gasteiger partial charge in [0, 0.05) is 17.6 Å². The number of benzene rings is 1. The first kappa shape index (κ1) is 18.7. The molecule has 0 saturated carbocycles. The van der Waals surface area contributed by atoms with E-state index in [0.29, 0.717) is 36.9 Å². The van der Waals surface area contributed by atoms with Crippen LogP contribution >= 0.6 is 15.9 Å². The summed E-state index contributed by atoms with van der Waals surface area (Å²) in [5, 5.41) is 0. The molecule has 0 aliphatic carbocycles. The summed E-state index contributed by atoms with van der Waals surface area (Å²) in [4.78, 5) is 26.4. The van der Waals surface area contributed by atoms with Gasteiger partial charge in [0.05, 0.1) is 18.1 Å². The molecule has 1 aromatic carbocycles. The third-order valence-corrected chi connectivity index (χ3v) is 4.46. The van der Waals surface area contributed by atoms with Gasteiger partial charge in [-0.1, -0.05) is 29.8 Å². The number of piperidine rings is 1. The average molecular weight is 398 g/mol. The van der Waals surface area contributed by atoms with Crippen molar-refractivity contribution < 1.29 is 14.3 Å². The minimum atomic E-state index is -0.264. The Labute approximate surface area is 150 Å². The van der Waals surface area contributed by atoms with Gasteiger partial charge in [-0.15, -0.1) is 0 Å². The summed E-state index contributed by atoms with van der Waals surface area (Å²) in [5.74, 6) is 5.55. The van der Waals surface area contributed by atoms with Crippen LogP contribution in [0.1, 0.15) is 37.0 Å². The Morgan fingerprint density at radius 2 is 2.21 bits per heavy atom. The summed E-state index contributed by atoms with van der Waals surface area (Å²) in [6.07, 6.45) is 1.52. The fourth-order valence-corrected chi connectivity index (χ4v) is 3.08. The number of hydrazine groups is 1. The Balaban J connectivity index is 2.18. The third kappa shape index (κ3) is 4.70. The monoisotopic (exact) mass is 397 g/mol. The number of nitrogens with one attached hydrogen (secondary N) is 1. The Kier molecular flexibility index (Phi) is 6.62. The maximum absolute atomic E-state index is 12.9. The number of halogens is 1. The molecule has 2 amide bonds. The van der Waals surface area contributed by atoms with E-state index < -0.39 is 0 Å². The van der Waals surface area contributed by atoms with Crippen LogP contribution in [0.25, 0.3) is 0 Å². The van der Waals surface area contributed by atoms with Gasteiger partial charge in [0.25, 0.3) is 5.91 Å². The van der Waals surface area contributed by atoms with Crippen molar-refractivity contribution in [3.8, 4) is 5.75 Å². The zero-order valence-corrected chi connectivity index (χ0v) is 15.6. The second-order valence-corrected chi connectivity index (χ2v) is 7.36. The van der Waals surface area contributed by atoms with Crippen LogP contribution in [0.3, 0.4) is 0 Å². The first-order valence-corrected chi connectivity index (χ1v) is 8.93. The minimum Gasteiger partial charge on any atom is -0.492 e. The van der Waals surface area contributed by atoms with Crippen LogP contribution in [0.15, 0.2) is 22.7 Å². The van der Waals surface area contributed by atoms with Crippen molar-refractivity contribution in [2.45, 2.75) is 26.7 Å². The lowest BCUT2D eigenvalue weighted by molar-refractivity contribution is -0.126. The fraction of sp³-hybridized carbons (Fsp3) is 0.529. The second-order valence-electron chi connectivity index (χ2n) is 6.44. The van der Waals surface area contributed by atoms with Crippen molar-refractivity contribution >= 4 is 27.7 Å². The van der Waals surface area contributed by atoms with Gasteiger partial charge in [0.1, 0.15) is 5.75 Å². The first-order chi connectivity index (χ1) is 11.4. The third-order valence-electron chi connectivity index (χ3n) is 3.97. The molecule has 0 aromatic heterocycles. The normalized spacial score (nSPS) is 17.7. The number of nitrogens with two attached hydrogens (primary N) is 1. The van der Waals surface area contributed by atoms with E-state index >= 15 is 0 Å². The molecule has 0 radical (unpaired) electrons. The molecule has 1 aromatic rings. The van der Waals surface area contributed by atoms with E-state index in [1.165, 1.54) is 0 Å². The van der Waals surface area contributed by atoms with Crippen molar-refractivity contribution in [2.24, 2.45) is 17.7 Å². The van der Waals surface area contributed by atoms with Crippen LogP contribution in [0.4, 0.5) is 0 Å². The van der Waals surface area contributed by atoms with Gasteiger partial charge in [-0.05, 0) is 37.0 Å². The van der Waals surface area contributed by atoms with Gasteiger partial charge in [-0.3, -0.25) is 15.0 Å². The maximum atomic E-state index is 12.9. The molecule has 3 N–H and O–H groups in total. The smallest absolute Gasteiger partial charge is 0.257 e. The molecular weight excluding hydrogens is 374 g/mol. The van der Waals surface area contributed by atoms with Crippen LogP contribution in [0, 0.1) is 11.8 Å². The predicted octanol–water partition coefficient (Wildman–Crippen LogP) is 2.33. The quantitative estimate of drug-likeness (QED) is 0.453. The highest BCUT2D eigenvalue weighted by Gasteiger charge is 2.29. The van der Waals surface area contributed by atoms with E-state index in [-0.39, 0.29) is 17.7 Å². The lowest BCUT2D eigenvalue weighted by Gasteiger charge is -2.32. The van der Waals surface area contributed by atoms with E-state index in [1.54, 1.807) is 17.0 Å². The average Bonchev–Trinajstić information content (AvgIpc) is 2.59. The van der Waals surface area contributed by atoms with Gasteiger partial charge < -0.3 is 9.64 Å². The van der Waals surface area contributed by atoms with Gasteiger partial charge in [0.2, 0.25) is 5.91 Å². The van der Waals surface area contributed by atoms with E-state index in [9.17, 15) is 9.59 Å². The molecule has 0 bridgehead atoms. The predicted molar refractivity (Wildman–Crippen MR) is 95.4 cm³/mol. The largest absolute Gasteiger partial charge is 0.492 e. The number of likely N-dealkylation sites (tertiary alicyclic amines) is 1. The molecule has 0 spiro atoms. The van der Waals surface area contributed by atoms with Gasteiger partial charge in [-0.2, -0.15) is 0 Å². The highest BCUT2D eigenvalue weighted by molar-refractivity contribution is 9.10. The number of carbonyl (C=O) groups excluding carboxylic acids is 2. The SMILES string of the molecule is CC(C)COc1ccc(Br)cc1C(=O)N1CCCC(C(=O)NN)C1. The number of carbonyl (C=O) groups is 2. The van der Waals surface area contributed by atoms with Crippen molar-refractivity contribution in [2.75, 3.05) is 19.7 Å². The highest BCUT2D eigenvalue weighted by Crippen LogP contribution is 2.27. The second kappa shape index (κ2) is 8.48. The standard InChI is InChI=1S/C17H24BrN3O3/c1-11(2)10-24-15-6-5-13(18)8-14(15)17(23)21-7-3-4-12(9-21)16(22)20-19/h5-6,8,11-12H,3-4,7,9-10,19H2,1-2H3,(H,20,22). The zero-order valence-electron chi connectivity index (χ0n) is 14.0. The molecule has 1 aliphatic heterocycles. The Hall–Kier alpha value is -1.60. The molecule has 1 aliphatic rings. The number of hydrogen-bond donors (Lipinski definition) is 2. The van der Waals surface area contributed by atoms with E-state index in [4.69, 9.17) is 10.6 Å². The number of amides is 2. The maximum Gasteiger partial charge on any atom is 0.257 e. The van der Waals surface area contributed by atoms with E-state index in [2.05, 4.69) is 35.2 Å². The van der Waals surface area contributed by atoms with Gasteiger partial charge >= 0.3 is 0 Å². The molecule has 6 nitrogen and oxygen atoms in total. The van der Waals surface area contributed by atoms with Crippen LogP contribution in [0.5, 0.6) is 5.75 Å². The summed E-state index contributed by atoms with van der Waals surface area (Å²) in [7, 11) is 0. The summed E-state index contributed by atoms with van der Waals surface area (Å²) in [5.41, 5.74) is 2.69. The Bertz CT molecular complexity index is 607. The van der Waals surface area contributed by atoms with E-state index in [0.717, 1.165) is 17.3 Å². The topological polar surface area (TPSA) is 84.7 Å². The summed E-state index contributed by atoms with van der Waals surface area (Å²) in [6, 6.07) is 5.42. The number of nitrogens with zero attached hydrogens (tertiary/aromatic N) is 1. The first-order valence-electron chi connectivity index (χ1n) is 8.14. The number of hydrogen-bond acceptors (Lipinski definition) is 4. The minimum absolute atomic E-state index is 0.121. The van der Waals surface area contributed by atoms with Crippen molar-refractivity contribution in [1.82, 2.24) is 10.3 Å². The molecule has 7 heteroatoms. The van der Waals surface area contributed by atoms with Crippen LogP contribution < -0.4 is 16.0 Å². The summed E-state index contributed by atoms with van der Waals surface area (Å²) in [6.45, 7) is 5.66. The highest BCUT2D eigenvalue weighted by atomic mass is 79.9. The summed E-state index contributed by atoms with van der Waals surface area (Å²) >= 11 is 3.41. The molecule has 2 rings (SSSR count). The Morgan fingerprint density at radius 1 is 1.46 bits per heavy atom. The van der Waals surface area contributed by atoms with Crippen molar-refractivity contribution in [3.05, 3.63) is 28.2 Å². The zero-order chi connectivity index (χ0) is 17.7. The number of rotatable bonds is 5. The lowest BCUT2D eigenvalue weighted by atomic mass is 9.96. The molecule has 1 fully saturated rings. The van der Waals surface area contributed by atoms with Crippen LogP contribution in [0.2, 0.25) is 0 Å². The molecule has 1 saturated heterocycles. The molecular formula is C17H24BrN3O3. The number of ether oxygens (including phenoxy) is 1.